The van der Waals surface area contributed by atoms with Crippen LogP contribution in [0.2, 0.25) is 0 Å². The minimum absolute atomic E-state index is 0.488. The topological polar surface area (TPSA) is 56.0 Å². The summed E-state index contributed by atoms with van der Waals surface area (Å²) in [7, 11) is 0. The van der Waals surface area contributed by atoms with Gasteiger partial charge in [0.25, 0.3) is 0 Å². The van der Waals surface area contributed by atoms with Crippen LogP contribution in [0.4, 0.5) is 0 Å². The van der Waals surface area contributed by atoms with Gasteiger partial charge in [-0.05, 0) is 17.2 Å². The van der Waals surface area contributed by atoms with Gasteiger partial charge in [-0.1, -0.05) is 36.4 Å². The highest BCUT2D eigenvalue weighted by Gasteiger charge is 1.97. The summed E-state index contributed by atoms with van der Waals surface area (Å²) in [6.45, 7) is 0. The molecule has 0 N–H and O–H groups in total. The lowest BCUT2D eigenvalue weighted by Crippen LogP contribution is -1.92. The fourth-order valence-corrected chi connectivity index (χ4v) is 1.59. The number of aromatic nitrogens is 1. The number of hydrogen-bond acceptors (Lipinski definition) is 3. The van der Waals surface area contributed by atoms with E-state index in [1.165, 1.54) is 11.6 Å². The van der Waals surface area contributed by atoms with E-state index in [0.29, 0.717) is 0 Å². The van der Waals surface area contributed by atoms with Crippen molar-refractivity contribution in [3.05, 3.63) is 81.8 Å². The first-order chi connectivity index (χ1) is 8.74. The molecule has 0 amide bonds. The van der Waals surface area contributed by atoms with Crippen LogP contribution in [0.5, 0.6) is 0 Å². The fraction of sp³-hybridized carbons (Fsp3) is 0.0714. The van der Waals surface area contributed by atoms with Crippen molar-refractivity contribution in [2.24, 2.45) is 0 Å². The number of nitrogens with zero attached hydrogens (tertiary/aromatic N) is 2. The van der Waals surface area contributed by atoms with E-state index in [-0.39, 0.29) is 0 Å². The van der Waals surface area contributed by atoms with Crippen LogP contribution < -0.4 is 0 Å². The summed E-state index contributed by atoms with van der Waals surface area (Å²) in [6, 6.07) is 13.7. The summed E-state index contributed by atoms with van der Waals surface area (Å²) in [5.41, 5.74) is 2.86. The minimum Gasteiger partial charge on any atom is -0.260 e. The average Bonchev–Trinajstić information content (AvgIpc) is 2.39. The third kappa shape index (κ3) is 3.52. The maximum Gasteiger partial charge on any atom is 0.235 e. The van der Waals surface area contributed by atoms with E-state index in [2.05, 4.69) is 4.98 Å². The molecule has 4 heteroatoms. The van der Waals surface area contributed by atoms with Crippen molar-refractivity contribution in [3.8, 4) is 0 Å². The smallest absolute Gasteiger partial charge is 0.235 e. The van der Waals surface area contributed by atoms with Gasteiger partial charge in [0.2, 0.25) is 6.20 Å². The van der Waals surface area contributed by atoms with E-state index < -0.39 is 4.92 Å². The number of rotatable bonds is 4. The van der Waals surface area contributed by atoms with Crippen LogP contribution in [0.3, 0.4) is 0 Å². The molecule has 0 radical (unpaired) electrons. The number of pyridine rings is 1. The van der Waals surface area contributed by atoms with E-state index in [9.17, 15) is 10.1 Å². The first-order valence-electron chi connectivity index (χ1n) is 5.54. The third-order valence-corrected chi connectivity index (χ3v) is 2.46. The first kappa shape index (κ1) is 12.0. The van der Waals surface area contributed by atoms with Gasteiger partial charge in [0.15, 0.2) is 0 Å². The predicted octanol–water partition coefficient (Wildman–Crippen LogP) is 2.92. The van der Waals surface area contributed by atoms with Crippen LogP contribution in [0.1, 0.15) is 16.8 Å². The Morgan fingerprint density at radius 1 is 1.17 bits per heavy atom. The summed E-state index contributed by atoms with van der Waals surface area (Å²) in [6.07, 6.45) is 4.74. The Morgan fingerprint density at radius 3 is 2.56 bits per heavy atom. The van der Waals surface area contributed by atoms with Gasteiger partial charge in [0.05, 0.1) is 4.92 Å². The lowest BCUT2D eigenvalue weighted by Gasteiger charge is -2.01. The SMILES string of the molecule is O=[N+]([O-])C=Cc1ccc(Cc2ccccc2)nc1. The largest absolute Gasteiger partial charge is 0.260 e. The standard InChI is InChI=1S/C14H12N2O2/c17-16(18)9-8-13-6-7-14(15-11-13)10-12-4-2-1-3-5-12/h1-9,11H,10H2. The Bertz CT molecular complexity index is 548. The zero-order chi connectivity index (χ0) is 12.8. The van der Waals surface area contributed by atoms with Crippen LogP contribution in [-0.2, 0) is 6.42 Å². The molecule has 2 aromatic rings. The summed E-state index contributed by atoms with van der Waals surface area (Å²) in [4.78, 5) is 14.0. The van der Waals surface area contributed by atoms with Crippen LogP contribution in [-0.4, -0.2) is 9.91 Å². The van der Waals surface area contributed by atoms with Crippen molar-refractivity contribution in [3.63, 3.8) is 0 Å². The highest BCUT2D eigenvalue weighted by molar-refractivity contribution is 5.46. The Balaban J connectivity index is 2.06. The number of nitro groups is 1. The summed E-state index contributed by atoms with van der Waals surface area (Å²) in [5, 5.41) is 10.2. The quantitative estimate of drug-likeness (QED) is 0.610. The molecule has 0 saturated carbocycles. The number of benzene rings is 1. The van der Waals surface area contributed by atoms with Crippen molar-refractivity contribution in [1.29, 1.82) is 0 Å². The molecule has 1 heterocycles. The second kappa shape index (κ2) is 5.72. The van der Waals surface area contributed by atoms with Crippen molar-refractivity contribution in [2.75, 3.05) is 0 Å². The molecule has 0 atom stereocenters. The third-order valence-electron chi connectivity index (χ3n) is 2.46. The molecule has 18 heavy (non-hydrogen) atoms. The molecular weight excluding hydrogens is 228 g/mol. The van der Waals surface area contributed by atoms with E-state index in [4.69, 9.17) is 0 Å². The lowest BCUT2D eigenvalue weighted by atomic mass is 10.1. The van der Waals surface area contributed by atoms with Crippen molar-refractivity contribution >= 4 is 6.08 Å². The molecule has 0 aliphatic carbocycles. The summed E-state index contributed by atoms with van der Waals surface area (Å²) in [5.74, 6) is 0. The highest BCUT2D eigenvalue weighted by atomic mass is 16.6. The van der Waals surface area contributed by atoms with Crippen LogP contribution in [0.15, 0.2) is 54.9 Å². The molecule has 0 bridgehead atoms. The highest BCUT2D eigenvalue weighted by Crippen LogP contribution is 2.08. The van der Waals surface area contributed by atoms with Crippen molar-refractivity contribution in [1.82, 2.24) is 4.98 Å². The maximum absolute atomic E-state index is 10.2. The average molecular weight is 240 g/mol. The molecule has 1 aromatic heterocycles. The molecular formula is C14H12N2O2. The van der Waals surface area contributed by atoms with Gasteiger partial charge in [-0.3, -0.25) is 15.1 Å². The Labute approximate surface area is 105 Å². The molecule has 2 rings (SSSR count). The zero-order valence-corrected chi connectivity index (χ0v) is 9.69. The number of hydrogen-bond donors (Lipinski definition) is 0. The second-order valence-corrected chi connectivity index (χ2v) is 3.85. The molecule has 0 aliphatic heterocycles. The summed E-state index contributed by atoms with van der Waals surface area (Å²) < 4.78 is 0. The summed E-state index contributed by atoms with van der Waals surface area (Å²) >= 11 is 0. The van der Waals surface area contributed by atoms with Gasteiger partial charge in [0.1, 0.15) is 0 Å². The molecule has 90 valence electrons. The maximum atomic E-state index is 10.2. The Morgan fingerprint density at radius 2 is 1.94 bits per heavy atom. The molecule has 4 nitrogen and oxygen atoms in total. The van der Waals surface area contributed by atoms with Crippen LogP contribution in [0.25, 0.3) is 6.08 Å². The second-order valence-electron chi connectivity index (χ2n) is 3.85. The van der Waals surface area contributed by atoms with Crippen molar-refractivity contribution < 1.29 is 4.92 Å². The Hall–Kier alpha value is -2.49. The van der Waals surface area contributed by atoms with Gasteiger partial charge < -0.3 is 0 Å². The fourth-order valence-electron chi connectivity index (χ4n) is 1.59. The van der Waals surface area contributed by atoms with Gasteiger partial charge in [-0.25, -0.2) is 0 Å². The van der Waals surface area contributed by atoms with Gasteiger partial charge in [-0.2, -0.15) is 0 Å². The lowest BCUT2D eigenvalue weighted by molar-refractivity contribution is -0.400. The predicted molar refractivity (Wildman–Crippen MR) is 69.5 cm³/mol. The van der Waals surface area contributed by atoms with Gasteiger partial charge in [0, 0.05) is 24.4 Å². The minimum atomic E-state index is -0.488. The van der Waals surface area contributed by atoms with Crippen molar-refractivity contribution in [2.45, 2.75) is 6.42 Å². The first-order valence-corrected chi connectivity index (χ1v) is 5.54. The molecule has 0 saturated heterocycles. The van der Waals surface area contributed by atoms with Gasteiger partial charge in [-0.15, -0.1) is 0 Å². The van der Waals surface area contributed by atoms with Crippen LogP contribution in [0, 0.1) is 10.1 Å². The van der Waals surface area contributed by atoms with Crippen LogP contribution >= 0.6 is 0 Å². The van der Waals surface area contributed by atoms with E-state index in [1.54, 1.807) is 6.20 Å². The van der Waals surface area contributed by atoms with E-state index in [1.807, 2.05) is 42.5 Å². The monoisotopic (exact) mass is 240 g/mol. The normalized spacial score (nSPS) is 10.7. The van der Waals surface area contributed by atoms with Gasteiger partial charge >= 0.3 is 0 Å². The van der Waals surface area contributed by atoms with E-state index >= 15 is 0 Å². The molecule has 0 aliphatic rings. The zero-order valence-electron chi connectivity index (χ0n) is 9.69. The molecule has 0 unspecified atom stereocenters. The van der Waals surface area contributed by atoms with E-state index in [0.717, 1.165) is 23.9 Å². The molecule has 0 spiro atoms. The molecule has 1 aromatic carbocycles. The Kier molecular flexibility index (Phi) is 3.81. The molecule has 0 fully saturated rings.